The largest absolute Gasteiger partial charge is 0.496 e. The Kier molecular flexibility index (Phi) is 29.4. The quantitative estimate of drug-likeness (QED) is 0.0525. The first-order valence-electron chi connectivity index (χ1n) is 28.6. The van der Waals surface area contributed by atoms with Gasteiger partial charge in [0.2, 0.25) is 0 Å². The zero-order chi connectivity index (χ0) is 53.7. The molecule has 0 aliphatic heterocycles. The van der Waals surface area contributed by atoms with E-state index in [1.54, 1.807) is 7.11 Å². The highest BCUT2D eigenvalue weighted by Crippen LogP contribution is 2.35. The van der Waals surface area contributed by atoms with Gasteiger partial charge < -0.3 is 14.2 Å². The van der Waals surface area contributed by atoms with Gasteiger partial charge in [0.1, 0.15) is 17.2 Å². The summed E-state index contributed by atoms with van der Waals surface area (Å²) in [6.45, 7) is 35.0. The van der Waals surface area contributed by atoms with E-state index in [4.69, 9.17) is 14.2 Å². The summed E-state index contributed by atoms with van der Waals surface area (Å²) in [5.74, 6) is 6.69. The van der Waals surface area contributed by atoms with E-state index in [1.807, 2.05) is 13.0 Å². The van der Waals surface area contributed by atoms with E-state index in [1.165, 1.54) is 132 Å². The number of hydrogen-bond acceptors (Lipinski definition) is 3. The van der Waals surface area contributed by atoms with E-state index in [0.717, 1.165) is 71.7 Å². The van der Waals surface area contributed by atoms with Gasteiger partial charge in [-0.15, -0.1) is 0 Å². The molecule has 0 bridgehead atoms. The fourth-order valence-electron chi connectivity index (χ4n) is 9.60. The highest BCUT2D eigenvalue weighted by molar-refractivity contribution is 5.97. The maximum atomic E-state index is 6.11. The summed E-state index contributed by atoms with van der Waals surface area (Å²) in [5, 5.41) is 2.63. The molecule has 73 heavy (non-hydrogen) atoms. The Morgan fingerprint density at radius 2 is 1.11 bits per heavy atom. The lowest BCUT2D eigenvalue weighted by molar-refractivity contribution is 0.232. The summed E-state index contributed by atoms with van der Waals surface area (Å²) < 4.78 is 17.6. The van der Waals surface area contributed by atoms with Crippen LogP contribution in [0, 0.1) is 57.3 Å². The van der Waals surface area contributed by atoms with E-state index in [0.29, 0.717) is 5.92 Å². The number of fused-ring (bicyclic) bond motifs is 1. The molecule has 0 spiro atoms. The Hall–Kier alpha value is -5.02. The molecule has 5 aromatic rings. The summed E-state index contributed by atoms with van der Waals surface area (Å²) in [5.41, 5.74) is 13.1. The number of methoxy groups -OCH3 is 1. The molecule has 0 N–H and O–H groups in total. The van der Waals surface area contributed by atoms with Gasteiger partial charge in [0, 0.05) is 5.56 Å². The average molecular weight is 992 g/mol. The van der Waals surface area contributed by atoms with Crippen LogP contribution in [0.2, 0.25) is 0 Å². The summed E-state index contributed by atoms with van der Waals surface area (Å²) >= 11 is 0. The van der Waals surface area contributed by atoms with Gasteiger partial charge in [-0.05, 0) is 195 Å². The maximum absolute atomic E-state index is 6.11. The third-order valence-electron chi connectivity index (χ3n) is 14.6. The van der Waals surface area contributed by atoms with Gasteiger partial charge in [-0.25, -0.2) is 0 Å². The second-order valence-electron chi connectivity index (χ2n) is 22.0. The van der Waals surface area contributed by atoms with Crippen LogP contribution in [0.3, 0.4) is 0 Å². The normalized spacial score (nSPS) is 12.8. The molecule has 3 nitrogen and oxygen atoms in total. The van der Waals surface area contributed by atoms with Crippen molar-refractivity contribution in [2.24, 2.45) is 29.6 Å². The smallest absolute Gasteiger partial charge is 0.127 e. The van der Waals surface area contributed by atoms with Crippen LogP contribution in [-0.4, -0.2) is 20.3 Å². The van der Waals surface area contributed by atoms with Crippen molar-refractivity contribution in [3.05, 3.63) is 142 Å². The fraction of sp³-hybridized carbons (Fsp3) is 0.514. The number of ether oxygens (including phenoxy) is 3. The first-order valence-corrected chi connectivity index (χ1v) is 28.6. The van der Waals surface area contributed by atoms with E-state index < -0.39 is 0 Å². The van der Waals surface area contributed by atoms with Crippen molar-refractivity contribution in [1.82, 2.24) is 0 Å². The minimum atomic E-state index is 0.644. The molecule has 5 aromatic carbocycles. The molecule has 0 aliphatic carbocycles. The minimum absolute atomic E-state index is 0.644. The Morgan fingerprint density at radius 1 is 0.521 bits per heavy atom. The van der Waals surface area contributed by atoms with Crippen LogP contribution in [0.25, 0.3) is 40.1 Å². The molecule has 0 saturated carbocycles. The summed E-state index contributed by atoms with van der Waals surface area (Å²) in [6.07, 6.45) is 29.5. The van der Waals surface area contributed by atoms with Crippen molar-refractivity contribution in [2.45, 2.75) is 187 Å². The predicted molar refractivity (Wildman–Crippen MR) is 325 cm³/mol. The van der Waals surface area contributed by atoms with Crippen molar-refractivity contribution >= 4 is 29.0 Å². The van der Waals surface area contributed by atoms with Gasteiger partial charge in [-0.2, -0.15) is 0 Å². The summed E-state index contributed by atoms with van der Waals surface area (Å²) in [7, 11) is 1.71. The average Bonchev–Trinajstić information content (AvgIpc) is 3.36. The fourth-order valence-corrected chi connectivity index (χ4v) is 9.60. The van der Waals surface area contributed by atoms with Crippen LogP contribution in [0.4, 0.5) is 0 Å². The minimum Gasteiger partial charge on any atom is -0.496 e. The molecule has 3 atom stereocenters. The van der Waals surface area contributed by atoms with Gasteiger partial charge in [0.25, 0.3) is 0 Å². The molecule has 0 aliphatic rings. The van der Waals surface area contributed by atoms with Crippen molar-refractivity contribution in [3.63, 3.8) is 0 Å². The zero-order valence-electron chi connectivity index (χ0n) is 49.2. The summed E-state index contributed by atoms with van der Waals surface area (Å²) in [6, 6.07) is 28.5. The third kappa shape index (κ3) is 22.2. The molecule has 0 saturated heterocycles. The highest BCUT2D eigenvalue weighted by atomic mass is 16.5. The second kappa shape index (κ2) is 34.5. The van der Waals surface area contributed by atoms with Crippen LogP contribution >= 0.6 is 0 Å². The molecule has 5 rings (SSSR count). The predicted octanol–water partition coefficient (Wildman–Crippen LogP) is 21.4. The number of unbranched alkanes of at least 4 members (excludes halogenated alkanes) is 1. The zero-order valence-corrected chi connectivity index (χ0v) is 49.2. The molecule has 400 valence electrons. The number of rotatable bonds is 27. The molecule has 3 heteroatoms. The molecular formula is C70H102O3. The number of benzene rings is 5. The SMILES string of the molecule is C/C=C/c1cc(-c2ccc(OCCC(C)CCCC(C)C)cc2)c(C)c2ccccc12.C/C=C/c1cc(C)c(C)cc1CCC(C)CCCC(C)C.C/C=C/c1cc(OC)c(C)cc1OCC(CC)CCCC. The second-order valence-corrected chi connectivity index (χ2v) is 22.0. The molecular weight excluding hydrogens is 889 g/mol. The lowest BCUT2D eigenvalue weighted by Crippen LogP contribution is -2.12. The highest BCUT2D eigenvalue weighted by Gasteiger charge is 2.13. The Bertz CT molecular complexity index is 2410. The topological polar surface area (TPSA) is 27.7 Å². The van der Waals surface area contributed by atoms with Crippen LogP contribution in [-0.2, 0) is 6.42 Å². The van der Waals surface area contributed by atoms with E-state index in [2.05, 4.69) is 206 Å². The molecule has 0 amide bonds. The van der Waals surface area contributed by atoms with Crippen molar-refractivity contribution in [3.8, 4) is 28.4 Å². The van der Waals surface area contributed by atoms with Gasteiger partial charge in [-0.3, -0.25) is 0 Å². The molecule has 0 fully saturated rings. The number of hydrogen-bond donors (Lipinski definition) is 0. The van der Waals surface area contributed by atoms with E-state index in [9.17, 15) is 0 Å². The van der Waals surface area contributed by atoms with Gasteiger partial charge in [-0.1, -0.05) is 198 Å². The molecule has 0 heterocycles. The first kappa shape index (κ1) is 62.3. The van der Waals surface area contributed by atoms with Crippen LogP contribution in [0.15, 0.2) is 97.1 Å². The lowest BCUT2D eigenvalue weighted by Gasteiger charge is -2.18. The maximum Gasteiger partial charge on any atom is 0.127 e. The van der Waals surface area contributed by atoms with Gasteiger partial charge in [0.15, 0.2) is 0 Å². The molecule has 0 radical (unpaired) electrons. The number of allylic oxidation sites excluding steroid dienone is 3. The number of aryl methyl sites for hydroxylation is 5. The monoisotopic (exact) mass is 991 g/mol. The lowest BCUT2D eigenvalue weighted by atomic mass is 9.91. The van der Waals surface area contributed by atoms with Gasteiger partial charge in [0.05, 0.1) is 20.3 Å². The van der Waals surface area contributed by atoms with Crippen LogP contribution in [0.5, 0.6) is 17.2 Å². The first-order chi connectivity index (χ1) is 35.1. The van der Waals surface area contributed by atoms with E-state index in [-0.39, 0.29) is 0 Å². The summed E-state index contributed by atoms with van der Waals surface area (Å²) in [4.78, 5) is 0. The molecule has 0 aromatic heterocycles. The van der Waals surface area contributed by atoms with Gasteiger partial charge >= 0.3 is 0 Å². The van der Waals surface area contributed by atoms with Crippen molar-refractivity contribution in [1.29, 1.82) is 0 Å². The Balaban J connectivity index is 0.000000299. The standard InChI is InChI=1S/C30H38O.C21H34.C19H30O2/c1-6-10-26-21-30(24(5)28-13-7-8-14-29(26)28)25-15-17-27(18-16-25)31-20-19-23(4)12-9-11-22(2)3;1-7-9-20-14-18(5)19(6)15-21(20)13-12-17(4)11-8-10-16(2)3;1-6-9-11-16(8-3)14-21-19-12-15(4)18(20-5)13-17(19)10-7-2/h6-8,10,13-18,21-23H,9,11-12,19-20H2,1-5H3;7,9,14-17H,8,10-13H2,1-6H3;7,10,12-13,16H,6,8-9,11,14H2,1-5H3/b10-6+;9-7+;10-7+. The third-order valence-corrected chi connectivity index (χ3v) is 14.6. The Morgan fingerprint density at radius 3 is 1.70 bits per heavy atom. The van der Waals surface area contributed by atoms with E-state index >= 15 is 0 Å². The molecule has 3 unspecified atom stereocenters. The van der Waals surface area contributed by atoms with Crippen molar-refractivity contribution in [2.75, 3.05) is 20.3 Å². The van der Waals surface area contributed by atoms with Crippen molar-refractivity contribution < 1.29 is 14.2 Å². The van der Waals surface area contributed by atoms with Crippen LogP contribution in [0.1, 0.15) is 198 Å². The Labute approximate surface area is 448 Å². The van der Waals surface area contributed by atoms with Crippen LogP contribution < -0.4 is 14.2 Å².